The molecule has 4 nitrogen and oxygen atoms in total. The molecule has 0 aromatic heterocycles. The number of hydrogen-bond donors (Lipinski definition) is 0. The predicted molar refractivity (Wildman–Crippen MR) is 60.2 cm³/mol. The molecule has 17 heavy (non-hydrogen) atoms. The van der Waals surface area contributed by atoms with Gasteiger partial charge in [0, 0.05) is 6.61 Å². The Balaban J connectivity index is 1.44. The van der Waals surface area contributed by atoms with Gasteiger partial charge in [0.2, 0.25) is 0 Å². The Morgan fingerprint density at radius 2 is 2.00 bits per heavy atom. The Morgan fingerprint density at radius 3 is 2.59 bits per heavy atom. The number of fused-ring (bicyclic) bond motifs is 1. The van der Waals surface area contributed by atoms with Crippen molar-refractivity contribution in [1.29, 1.82) is 0 Å². The number of hydrogen-bond acceptors (Lipinski definition) is 4. The highest BCUT2D eigenvalue weighted by molar-refractivity contribution is 5.76. The maximum atomic E-state index is 11.4. The molecule has 2 aliphatic carbocycles. The maximum absolute atomic E-state index is 11.4. The third-order valence-corrected chi connectivity index (χ3v) is 4.36. The molecule has 0 bridgehead atoms. The van der Waals surface area contributed by atoms with Crippen molar-refractivity contribution < 1.29 is 19.0 Å². The lowest BCUT2D eigenvalue weighted by atomic mass is 10.1. The van der Waals surface area contributed by atoms with Crippen LogP contribution in [0.5, 0.6) is 0 Å². The van der Waals surface area contributed by atoms with Gasteiger partial charge in [-0.05, 0) is 43.9 Å². The molecule has 1 saturated heterocycles. The molecule has 3 fully saturated rings. The summed E-state index contributed by atoms with van der Waals surface area (Å²) >= 11 is 0. The summed E-state index contributed by atoms with van der Waals surface area (Å²) in [5, 5.41) is 0. The largest absolute Gasteiger partial charge is 0.469 e. The minimum atomic E-state index is -0.0348. The van der Waals surface area contributed by atoms with E-state index in [9.17, 15) is 4.79 Å². The van der Waals surface area contributed by atoms with Gasteiger partial charge in [0.15, 0.2) is 6.29 Å². The zero-order valence-electron chi connectivity index (χ0n) is 10.3. The topological polar surface area (TPSA) is 44.8 Å². The van der Waals surface area contributed by atoms with Crippen LogP contribution in [0.2, 0.25) is 0 Å². The van der Waals surface area contributed by atoms with Crippen molar-refractivity contribution in [2.24, 2.45) is 17.8 Å². The Bertz CT molecular complexity index is 286. The van der Waals surface area contributed by atoms with Gasteiger partial charge in [-0.15, -0.1) is 0 Å². The summed E-state index contributed by atoms with van der Waals surface area (Å²) in [5.74, 6) is 1.14. The molecule has 0 N–H and O–H groups in total. The molecule has 3 aliphatic rings. The Labute approximate surface area is 102 Å². The molecular formula is C13H20O4. The summed E-state index contributed by atoms with van der Waals surface area (Å²) in [7, 11) is 1.47. The lowest BCUT2D eigenvalue weighted by Gasteiger charge is -2.26. The second-order valence-corrected chi connectivity index (χ2v) is 5.40. The fourth-order valence-electron chi connectivity index (χ4n) is 3.42. The summed E-state index contributed by atoms with van der Waals surface area (Å²) in [6.07, 6.45) is 5.69. The normalized spacial score (nSPS) is 44.2. The highest BCUT2D eigenvalue weighted by Crippen LogP contribution is 2.58. The third kappa shape index (κ3) is 2.20. The van der Waals surface area contributed by atoms with E-state index in [2.05, 4.69) is 0 Å². The van der Waals surface area contributed by atoms with Crippen LogP contribution in [0.1, 0.15) is 32.1 Å². The Morgan fingerprint density at radius 1 is 1.24 bits per heavy atom. The minimum Gasteiger partial charge on any atom is -0.469 e. The molecule has 3 rings (SSSR count). The van der Waals surface area contributed by atoms with Gasteiger partial charge in [0.25, 0.3) is 0 Å². The van der Waals surface area contributed by atoms with Crippen LogP contribution in [0.25, 0.3) is 0 Å². The van der Waals surface area contributed by atoms with Crippen LogP contribution in [0.4, 0.5) is 0 Å². The monoisotopic (exact) mass is 240 g/mol. The predicted octanol–water partition coefficient (Wildman–Crippen LogP) is 1.73. The lowest BCUT2D eigenvalue weighted by Crippen LogP contribution is -2.28. The highest BCUT2D eigenvalue weighted by Gasteiger charge is 2.60. The smallest absolute Gasteiger partial charge is 0.309 e. The van der Waals surface area contributed by atoms with Crippen molar-refractivity contribution in [3.05, 3.63) is 0 Å². The van der Waals surface area contributed by atoms with E-state index in [-0.39, 0.29) is 18.2 Å². The number of carbonyl (C=O) groups is 1. The van der Waals surface area contributed by atoms with Crippen LogP contribution in [0.3, 0.4) is 0 Å². The zero-order chi connectivity index (χ0) is 11.8. The molecule has 4 heteroatoms. The molecule has 0 aromatic carbocycles. The number of rotatable bonds is 3. The first-order valence-corrected chi connectivity index (χ1v) is 6.64. The van der Waals surface area contributed by atoms with E-state index in [0.29, 0.717) is 17.9 Å². The van der Waals surface area contributed by atoms with E-state index in [1.165, 1.54) is 13.5 Å². The second kappa shape index (κ2) is 4.58. The summed E-state index contributed by atoms with van der Waals surface area (Å²) in [6, 6.07) is 0. The van der Waals surface area contributed by atoms with Gasteiger partial charge >= 0.3 is 5.97 Å². The third-order valence-electron chi connectivity index (χ3n) is 4.36. The summed E-state index contributed by atoms with van der Waals surface area (Å²) in [5.41, 5.74) is 0. The molecule has 1 heterocycles. The summed E-state index contributed by atoms with van der Waals surface area (Å²) in [4.78, 5) is 11.4. The van der Waals surface area contributed by atoms with Crippen LogP contribution >= 0.6 is 0 Å². The van der Waals surface area contributed by atoms with Crippen LogP contribution < -0.4 is 0 Å². The van der Waals surface area contributed by atoms with Gasteiger partial charge in [-0.3, -0.25) is 4.79 Å². The number of carbonyl (C=O) groups excluding carboxylic acids is 1. The van der Waals surface area contributed by atoms with E-state index in [1.807, 2.05) is 0 Å². The molecule has 0 aromatic rings. The molecule has 0 radical (unpaired) electrons. The molecule has 1 aliphatic heterocycles. The maximum Gasteiger partial charge on any atom is 0.309 e. The minimum absolute atomic E-state index is 0.00262. The van der Waals surface area contributed by atoms with Gasteiger partial charge in [-0.2, -0.15) is 0 Å². The second-order valence-electron chi connectivity index (χ2n) is 5.40. The van der Waals surface area contributed by atoms with E-state index in [0.717, 1.165) is 32.3 Å². The molecule has 0 amide bonds. The first-order chi connectivity index (χ1) is 8.29. The molecule has 0 spiro atoms. The van der Waals surface area contributed by atoms with E-state index >= 15 is 0 Å². The highest BCUT2D eigenvalue weighted by atomic mass is 16.7. The van der Waals surface area contributed by atoms with Gasteiger partial charge in [-0.1, -0.05) is 0 Å². The Kier molecular flexibility index (Phi) is 3.09. The van der Waals surface area contributed by atoms with E-state index in [1.54, 1.807) is 0 Å². The van der Waals surface area contributed by atoms with Crippen LogP contribution in [-0.4, -0.2) is 32.1 Å². The quantitative estimate of drug-likeness (QED) is 0.705. The summed E-state index contributed by atoms with van der Waals surface area (Å²) < 4.78 is 16.3. The molecule has 96 valence electrons. The van der Waals surface area contributed by atoms with Crippen molar-refractivity contribution in [3.63, 3.8) is 0 Å². The number of ether oxygens (including phenoxy) is 3. The molecule has 3 unspecified atom stereocenters. The molecular weight excluding hydrogens is 220 g/mol. The van der Waals surface area contributed by atoms with Crippen molar-refractivity contribution in [3.8, 4) is 0 Å². The van der Waals surface area contributed by atoms with Gasteiger partial charge in [0.1, 0.15) is 0 Å². The fourth-order valence-corrected chi connectivity index (χ4v) is 3.42. The van der Waals surface area contributed by atoms with Crippen LogP contribution in [-0.2, 0) is 19.0 Å². The van der Waals surface area contributed by atoms with Crippen molar-refractivity contribution >= 4 is 5.97 Å². The zero-order valence-corrected chi connectivity index (χ0v) is 10.3. The first-order valence-electron chi connectivity index (χ1n) is 6.64. The lowest BCUT2D eigenvalue weighted by molar-refractivity contribution is -0.189. The molecule has 3 atom stereocenters. The summed E-state index contributed by atoms with van der Waals surface area (Å²) in [6.45, 7) is 0.828. The fraction of sp³-hybridized carbons (Fsp3) is 0.923. The Hall–Kier alpha value is -0.610. The van der Waals surface area contributed by atoms with Gasteiger partial charge in [-0.25, -0.2) is 0 Å². The average Bonchev–Trinajstić information content (AvgIpc) is 2.86. The first kappa shape index (κ1) is 11.5. The standard InChI is InChI=1S/C13H20O4/c1-15-13(14)12-9-6-8(7-10(9)12)17-11-4-2-3-5-16-11/h8-12H,2-7H2,1H3. The average molecular weight is 240 g/mol. The number of esters is 1. The van der Waals surface area contributed by atoms with Crippen molar-refractivity contribution in [1.82, 2.24) is 0 Å². The van der Waals surface area contributed by atoms with Gasteiger partial charge in [0.05, 0.1) is 19.1 Å². The molecule has 2 saturated carbocycles. The van der Waals surface area contributed by atoms with Crippen LogP contribution in [0.15, 0.2) is 0 Å². The van der Waals surface area contributed by atoms with E-state index < -0.39 is 0 Å². The van der Waals surface area contributed by atoms with Crippen molar-refractivity contribution in [2.75, 3.05) is 13.7 Å². The van der Waals surface area contributed by atoms with Gasteiger partial charge < -0.3 is 14.2 Å². The SMILES string of the molecule is COC(=O)C1C2CC(OC3CCCCO3)CC21. The van der Waals surface area contributed by atoms with Crippen LogP contribution in [0, 0.1) is 17.8 Å². The van der Waals surface area contributed by atoms with Crippen molar-refractivity contribution in [2.45, 2.75) is 44.5 Å². The number of methoxy groups -OCH3 is 1. The van der Waals surface area contributed by atoms with E-state index in [4.69, 9.17) is 14.2 Å².